The van der Waals surface area contributed by atoms with Crippen LogP contribution < -0.4 is 5.32 Å². The van der Waals surface area contributed by atoms with Crippen LogP contribution in [0.3, 0.4) is 0 Å². The molecule has 4 aromatic rings. The molecule has 32 heavy (non-hydrogen) atoms. The van der Waals surface area contributed by atoms with Gasteiger partial charge in [0.05, 0.1) is 10.4 Å². The Balaban J connectivity index is 1.61. The molecule has 0 aliphatic heterocycles. The Kier molecular flexibility index (Phi) is 6.01. The number of aryl methyl sites for hydroxylation is 1. The maximum atomic E-state index is 13.4. The topological polar surface area (TPSA) is 77.4 Å². The Bertz CT molecular complexity index is 1360. The molecular weight excluding hydrogens is 424 g/mol. The summed E-state index contributed by atoms with van der Waals surface area (Å²) in [6.45, 7) is 3.97. The number of carbonyl (C=O) groups is 1. The van der Waals surface area contributed by atoms with E-state index < -0.39 is 16.1 Å². The van der Waals surface area contributed by atoms with Gasteiger partial charge in [0.2, 0.25) is 0 Å². The molecule has 0 saturated heterocycles. The van der Waals surface area contributed by atoms with Crippen molar-refractivity contribution < 1.29 is 17.9 Å². The molecule has 0 aliphatic rings. The zero-order valence-corrected chi connectivity index (χ0v) is 18.7. The fourth-order valence-electron chi connectivity index (χ4n) is 3.69. The molecule has 0 spiro atoms. The molecule has 164 valence electrons. The van der Waals surface area contributed by atoms with Crippen LogP contribution >= 0.6 is 0 Å². The predicted octanol–water partition coefficient (Wildman–Crippen LogP) is 4.92. The Morgan fingerprint density at radius 3 is 2.28 bits per heavy atom. The summed E-state index contributed by atoms with van der Waals surface area (Å²) in [5.74, 6) is 0. The highest BCUT2D eigenvalue weighted by Crippen LogP contribution is 2.30. The fourth-order valence-corrected chi connectivity index (χ4v) is 5.27. The summed E-state index contributed by atoms with van der Waals surface area (Å²) < 4.78 is 33.5. The van der Waals surface area contributed by atoms with Crippen LogP contribution in [0.4, 0.5) is 4.79 Å². The van der Waals surface area contributed by atoms with Crippen molar-refractivity contribution in [3.63, 3.8) is 0 Å². The number of ether oxygens (including phenoxy) is 1. The maximum absolute atomic E-state index is 13.4. The number of hydrogen-bond donors (Lipinski definition) is 1. The molecule has 0 fully saturated rings. The van der Waals surface area contributed by atoms with Gasteiger partial charge in [-0.15, -0.1) is 0 Å². The Hall–Kier alpha value is -3.58. The van der Waals surface area contributed by atoms with Gasteiger partial charge < -0.3 is 10.1 Å². The molecule has 6 nitrogen and oxygen atoms in total. The van der Waals surface area contributed by atoms with Crippen molar-refractivity contribution in [1.29, 1.82) is 0 Å². The van der Waals surface area contributed by atoms with Gasteiger partial charge in [0.25, 0.3) is 10.0 Å². The number of nitrogens with zero attached hydrogens (tertiary/aromatic N) is 1. The van der Waals surface area contributed by atoms with E-state index in [1.807, 2.05) is 49.4 Å². The quantitative estimate of drug-likeness (QED) is 0.454. The first-order valence-electron chi connectivity index (χ1n) is 10.2. The van der Waals surface area contributed by atoms with Crippen LogP contribution in [-0.2, 0) is 27.9 Å². The summed E-state index contributed by atoms with van der Waals surface area (Å²) in [5.41, 5.74) is 3.72. The van der Waals surface area contributed by atoms with E-state index in [9.17, 15) is 13.2 Å². The first-order chi connectivity index (χ1) is 15.4. The zero-order chi connectivity index (χ0) is 22.7. The summed E-state index contributed by atoms with van der Waals surface area (Å²) in [6.07, 6.45) is -0.563. The van der Waals surface area contributed by atoms with Gasteiger partial charge in [0.1, 0.15) is 6.61 Å². The van der Waals surface area contributed by atoms with Crippen molar-refractivity contribution in [3.05, 3.63) is 101 Å². The third-order valence-corrected chi connectivity index (χ3v) is 7.19. The molecule has 1 N–H and O–H groups in total. The van der Waals surface area contributed by atoms with Gasteiger partial charge in [-0.05, 0) is 37.6 Å². The number of para-hydroxylation sites is 1. The molecule has 0 bridgehead atoms. The van der Waals surface area contributed by atoms with Gasteiger partial charge >= 0.3 is 6.09 Å². The van der Waals surface area contributed by atoms with Crippen molar-refractivity contribution in [2.24, 2.45) is 0 Å². The summed E-state index contributed by atoms with van der Waals surface area (Å²) in [5, 5.41) is 3.51. The van der Waals surface area contributed by atoms with Crippen molar-refractivity contribution in [2.75, 3.05) is 0 Å². The molecule has 1 amide bonds. The Morgan fingerprint density at radius 1 is 0.906 bits per heavy atom. The molecular formula is C25H24N2O4S. The summed E-state index contributed by atoms with van der Waals surface area (Å²) in [7, 11) is -3.80. The maximum Gasteiger partial charge on any atom is 0.407 e. The van der Waals surface area contributed by atoms with E-state index in [1.54, 1.807) is 43.3 Å². The van der Waals surface area contributed by atoms with Gasteiger partial charge in [0, 0.05) is 23.2 Å². The minimum absolute atomic E-state index is 0.149. The first-order valence-corrected chi connectivity index (χ1v) is 11.7. The first kappa shape index (κ1) is 21.6. The molecule has 0 saturated carbocycles. The number of amides is 1. The lowest BCUT2D eigenvalue weighted by Gasteiger charge is -2.11. The molecule has 1 aromatic heterocycles. The van der Waals surface area contributed by atoms with Crippen LogP contribution in [0.15, 0.2) is 83.8 Å². The molecule has 0 atom stereocenters. The van der Waals surface area contributed by atoms with Crippen LogP contribution in [-0.4, -0.2) is 18.5 Å². The number of alkyl carbamates (subject to hydrolysis) is 1. The van der Waals surface area contributed by atoms with Crippen molar-refractivity contribution in [2.45, 2.75) is 31.9 Å². The number of benzene rings is 3. The molecule has 0 unspecified atom stereocenters. The van der Waals surface area contributed by atoms with E-state index in [4.69, 9.17) is 4.74 Å². The second-order valence-electron chi connectivity index (χ2n) is 7.58. The normalized spacial score (nSPS) is 11.4. The number of rotatable bonds is 6. The predicted molar refractivity (Wildman–Crippen MR) is 124 cm³/mol. The standard InChI is InChI=1S/C25H24N2O4S/c1-18-12-14-21(15-13-18)32(29,30)27-19(2)23(22-10-6-7-11-24(22)27)16-26-25(28)31-17-20-8-4-3-5-9-20/h3-15H,16-17H2,1-2H3,(H,26,28). The number of hydrogen-bond acceptors (Lipinski definition) is 4. The van der Waals surface area contributed by atoms with Crippen molar-refractivity contribution in [3.8, 4) is 0 Å². The monoisotopic (exact) mass is 448 g/mol. The molecule has 4 rings (SSSR count). The zero-order valence-electron chi connectivity index (χ0n) is 17.9. The minimum Gasteiger partial charge on any atom is -0.445 e. The second-order valence-corrected chi connectivity index (χ2v) is 9.37. The third-order valence-electron chi connectivity index (χ3n) is 5.37. The van der Waals surface area contributed by atoms with Crippen molar-refractivity contribution in [1.82, 2.24) is 9.29 Å². The van der Waals surface area contributed by atoms with E-state index in [2.05, 4.69) is 5.32 Å². The van der Waals surface area contributed by atoms with Gasteiger partial charge in [-0.25, -0.2) is 17.2 Å². The highest BCUT2D eigenvalue weighted by atomic mass is 32.2. The van der Waals surface area contributed by atoms with Crippen LogP contribution in [0, 0.1) is 13.8 Å². The average Bonchev–Trinajstić information content (AvgIpc) is 3.09. The van der Waals surface area contributed by atoms with E-state index >= 15 is 0 Å². The smallest absolute Gasteiger partial charge is 0.407 e. The van der Waals surface area contributed by atoms with Crippen LogP contribution in [0.1, 0.15) is 22.4 Å². The largest absolute Gasteiger partial charge is 0.445 e. The fraction of sp³-hybridized carbons (Fsp3) is 0.160. The molecule has 0 aliphatic carbocycles. The number of carbonyl (C=O) groups excluding carboxylic acids is 1. The number of nitrogens with one attached hydrogen (secondary N) is 1. The van der Waals surface area contributed by atoms with Gasteiger partial charge in [-0.2, -0.15) is 0 Å². The second kappa shape index (κ2) is 8.88. The lowest BCUT2D eigenvalue weighted by Crippen LogP contribution is -2.24. The average molecular weight is 449 g/mol. The summed E-state index contributed by atoms with van der Waals surface area (Å²) in [4.78, 5) is 12.5. The van der Waals surface area contributed by atoms with Crippen LogP contribution in [0.25, 0.3) is 10.9 Å². The summed E-state index contributed by atoms with van der Waals surface area (Å²) >= 11 is 0. The van der Waals surface area contributed by atoms with Crippen LogP contribution in [0.2, 0.25) is 0 Å². The molecule has 3 aromatic carbocycles. The van der Waals surface area contributed by atoms with Crippen molar-refractivity contribution >= 4 is 27.0 Å². The highest BCUT2D eigenvalue weighted by Gasteiger charge is 2.25. The lowest BCUT2D eigenvalue weighted by molar-refractivity contribution is 0.139. The highest BCUT2D eigenvalue weighted by molar-refractivity contribution is 7.90. The van der Waals surface area contributed by atoms with Crippen LogP contribution in [0.5, 0.6) is 0 Å². The molecule has 0 radical (unpaired) electrons. The SMILES string of the molecule is Cc1ccc(S(=O)(=O)n2c(C)c(CNC(=O)OCc3ccccc3)c3ccccc32)cc1. The number of fused-ring (bicyclic) bond motifs is 1. The third kappa shape index (κ3) is 4.24. The number of aromatic nitrogens is 1. The van der Waals surface area contributed by atoms with E-state index in [0.717, 1.165) is 22.1 Å². The minimum atomic E-state index is -3.80. The van der Waals surface area contributed by atoms with E-state index in [1.165, 1.54) is 3.97 Å². The van der Waals surface area contributed by atoms with E-state index in [-0.39, 0.29) is 18.0 Å². The van der Waals surface area contributed by atoms with Gasteiger partial charge in [-0.3, -0.25) is 0 Å². The lowest BCUT2D eigenvalue weighted by atomic mass is 10.1. The Morgan fingerprint density at radius 2 is 1.56 bits per heavy atom. The molecule has 1 heterocycles. The summed E-state index contributed by atoms with van der Waals surface area (Å²) in [6, 6.07) is 23.5. The van der Waals surface area contributed by atoms with Gasteiger partial charge in [-0.1, -0.05) is 66.2 Å². The Labute approximate surface area is 187 Å². The molecule has 7 heteroatoms. The van der Waals surface area contributed by atoms with E-state index in [0.29, 0.717) is 11.2 Å². The van der Waals surface area contributed by atoms with Gasteiger partial charge in [0.15, 0.2) is 0 Å².